The first-order valence-electron chi connectivity index (χ1n) is 3.19. The molecule has 1 aromatic rings. The minimum absolute atomic E-state index is 0.124. The van der Waals surface area contributed by atoms with Gasteiger partial charge in [0.2, 0.25) is 0 Å². The highest BCUT2D eigenvalue weighted by molar-refractivity contribution is 5.12. The predicted octanol–water partition coefficient (Wildman–Crippen LogP) is 1.27. The van der Waals surface area contributed by atoms with Crippen LogP contribution in [-0.4, -0.2) is 5.16 Å². The van der Waals surface area contributed by atoms with Crippen molar-refractivity contribution < 1.29 is 4.52 Å². The average molecular weight is 141 g/mol. The van der Waals surface area contributed by atoms with Crippen LogP contribution in [0, 0.1) is 0 Å². The molecule has 0 aromatic carbocycles. The lowest BCUT2D eigenvalue weighted by Crippen LogP contribution is -2.18. The van der Waals surface area contributed by atoms with Crippen molar-refractivity contribution in [2.24, 2.45) is 0 Å². The highest BCUT2D eigenvalue weighted by atomic mass is 16.5. The molecule has 1 aromatic heterocycles. The van der Waals surface area contributed by atoms with Crippen LogP contribution < -0.4 is 5.63 Å². The average Bonchev–Trinajstić information content (AvgIpc) is 2.11. The molecule has 3 nitrogen and oxygen atoms in total. The molecule has 0 fully saturated rings. The molecule has 0 bridgehead atoms. The second-order valence-electron chi connectivity index (χ2n) is 3.32. The maximum Gasteiger partial charge on any atom is 0.360 e. The van der Waals surface area contributed by atoms with E-state index in [-0.39, 0.29) is 11.0 Å². The molecule has 10 heavy (non-hydrogen) atoms. The Morgan fingerprint density at radius 2 is 2.10 bits per heavy atom. The van der Waals surface area contributed by atoms with Crippen molar-refractivity contribution in [3.8, 4) is 0 Å². The van der Waals surface area contributed by atoms with E-state index in [1.165, 1.54) is 0 Å². The largest absolute Gasteiger partial charge is 0.360 e. The summed E-state index contributed by atoms with van der Waals surface area (Å²) in [6.45, 7) is 5.90. The molecule has 0 aliphatic rings. The summed E-state index contributed by atoms with van der Waals surface area (Å²) in [6, 6.07) is 0. The highest BCUT2D eigenvalue weighted by Gasteiger charge is 2.19. The molecule has 1 rings (SSSR count). The fourth-order valence-electron chi connectivity index (χ4n) is 0.779. The summed E-state index contributed by atoms with van der Waals surface area (Å²) in [4.78, 5) is 10.9. The van der Waals surface area contributed by atoms with Crippen molar-refractivity contribution in [2.75, 3.05) is 0 Å². The third kappa shape index (κ3) is 1.12. The van der Waals surface area contributed by atoms with Gasteiger partial charge in [-0.25, -0.2) is 9.95 Å². The molecule has 0 atom stereocenters. The van der Waals surface area contributed by atoms with Crippen LogP contribution >= 0.6 is 0 Å². The van der Waals surface area contributed by atoms with E-state index in [4.69, 9.17) is 0 Å². The number of aromatic nitrogens is 1. The molecule has 1 heterocycles. The van der Waals surface area contributed by atoms with E-state index in [0.29, 0.717) is 5.56 Å². The van der Waals surface area contributed by atoms with Gasteiger partial charge in [-0.15, -0.1) is 0 Å². The fourth-order valence-corrected chi connectivity index (χ4v) is 0.779. The normalized spacial score (nSPS) is 11.9. The molecule has 56 valence electrons. The fraction of sp³-hybridized carbons (Fsp3) is 0.571. The van der Waals surface area contributed by atoms with Gasteiger partial charge in [-0.3, -0.25) is 0 Å². The zero-order valence-electron chi connectivity index (χ0n) is 6.39. The van der Waals surface area contributed by atoms with Crippen molar-refractivity contribution >= 4 is 0 Å². The van der Waals surface area contributed by atoms with Gasteiger partial charge in [0.05, 0.1) is 5.56 Å². The number of hydrogen-bond donors (Lipinski definition) is 1. The van der Waals surface area contributed by atoms with Gasteiger partial charge in [0.1, 0.15) is 0 Å². The Morgan fingerprint density at radius 3 is 2.30 bits per heavy atom. The van der Waals surface area contributed by atoms with Crippen LogP contribution in [0.15, 0.2) is 15.5 Å². The molecule has 0 radical (unpaired) electrons. The van der Waals surface area contributed by atoms with Crippen LogP contribution in [-0.2, 0) is 5.41 Å². The van der Waals surface area contributed by atoms with Gasteiger partial charge in [0.15, 0.2) is 0 Å². The first-order chi connectivity index (χ1) is 4.52. The molecule has 0 saturated carbocycles. The van der Waals surface area contributed by atoms with Crippen molar-refractivity contribution in [1.29, 1.82) is 0 Å². The van der Waals surface area contributed by atoms with E-state index in [1.807, 2.05) is 20.8 Å². The highest BCUT2D eigenvalue weighted by Crippen LogP contribution is 2.16. The van der Waals surface area contributed by atoms with Gasteiger partial charge in [-0.05, 0) is 5.41 Å². The van der Waals surface area contributed by atoms with Crippen molar-refractivity contribution in [3.05, 3.63) is 22.2 Å². The second-order valence-corrected chi connectivity index (χ2v) is 3.32. The molecule has 0 aliphatic heterocycles. The summed E-state index contributed by atoms with van der Waals surface area (Å²) < 4.78 is 4.51. The number of H-pyrrole nitrogens is 1. The van der Waals surface area contributed by atoms with Crippen LogP contribution in [0.25, 0.3) is 0 Å². The quantitative estimate of drug-likeness (QED) is 0.591. The molecule has 0 spiro atoms. The number of rotatable bonds is 0. The minimum Gasteiger partial charge on any atom is -0.339 e. The monoisotopic (exact) mass is 141 g/mol. The van der Waals surface area contributed by atoms with Gasteiger partial charge in [0.25, 0.3) is 0 Å². The molecule has 0 amide bonds. The Kier molecular flexibility index (Phi) is 1.43. The van der Waals surface area contributed by atoms with E-state index in [1.54, 1.807) is 6.20 Å². The van der Waals surface area contributed by atoms with E-state index in [9.17, 15) is 4.79 Å². The van der Waals surface area contributed by atoms with Crippen molar-refractivity contribution in [3.63, 3.8) is 0 Å². The second kappa shape index (κ2) is 2.01. The molecule has 3 heteroatoms. The Hall–Kier alpha value is -0.990. The van der Waals surface area contributed by atoms with Gasteiger partial charge in [-0.2, -0.15) is 0 Å². The van der Waals surface area contributed by atoms with Gasteiger partial charge in [-0.1, -0.05) is 20.8 Å². The topological polar surface area (TPSA) is 46.0 Å². The first kappa shape index (κ1) is 7.12. The Bertz CT molecular complexity index is 264. The van der Waals surface area contributed by atoms with Crippen LogP contribution in [0.4, 0.5) is 0 Å². The predicted molar refractivity (Wildman–Crippen MR) is 38.0 cm³/mol. The summed E-state index contributed by atoms with van der Waals surface area (Å²) in [5.74, 6) is 0. The Balaban J connectivity index is 3.18. The van der Waals surface area contributed by atoms with E-state index in [2.05, 4.69) is 9.68 Å². The molecule has 0 unspecified atom stereocenters. The zero-order chi connectivity index (χ0) is 7.78. The Labute approximate surface area is 59.0 Å². The summed E-state index contributed by atoms with van der Waals surface area (Å²) in [5, 5.41) is 2.42. The zero-order valence-corrected chi connectivity index (χ0v) is 6.39. The Morgan fingerprint density at radius 1 is 1.50 bits per heavy atom. The van der Waals surface area contributed by atoms with E-state index < -0.39 is 0 Å². The van der Waals surface area contributed by atoms with Crippen LogP contribution in [0.2, 0.25) is 0 Å². The van der Waals surface area contributed by atoms with Crippen molar-refractivity contribution in [2.45, 2.75) is 26.2 Å². The number of hydrogen-bond acceptors (Lipinski definition) is 2. The standard InChI is InChI=1S/C7H11NO2/c1-7(2,3)5-4-8-10-6(5)9/h4,8H,1-3H3. The maximum atomic E-state index is 10.9. The van der Waals surface area contributed by atoms with Crippen LogP contribution in [0.5, 0.6) is 0 Å². The van der Waals surface area contributed by atoms with Crippen molar-refractivity contribution in [1.82, 2.24) is 5.16 Å². The van der Waals surface area contributed by atoms with Gasteiger partial charge < -0.3 is 4.52 Å². The summed E-state index contributed by atoms with van der Waals surface area (Å²) >= 11 is 0. The van der Waals surface area contributed by atoms with Crippen LogP contribution in [0.3, 0.4) is 0 Å². The molecular formula is C7H11NO2. The molecular weight excluding hydrogens is 130 g/mol. The summed E-state index contributed by atoms with van der Waals surface area (Å²) in [5.41, 5.74) is 0.292. The minimum atomic E-state index is -0.271. The first-order valence-corrected chi connectivity index (χ1v) is 3.19. The number of nitrogens with one attached hydrogen (secondary N) is 1. The summed E-state index contributed by atoms with van der Waals surface area (Å²) in [6.07, 6.45) is 1.60. The molecule has 0 aliphatic carbocycles. The summed E-state index contributed by atoms with van der Waals surface area (Å²) in [7, 11) is 0. The van der Waals surface area contributed by atoms with E-state index in [0.717, 1.165) is 0 Å². The van der Waals surface area contributed by atoms with E-state index >= 15 is 0 Å². The van der Waals surface area contributed by atoms with Gasteiger partial charge >= 0.3 is 5.63 Å². The molecule has 1 N–H and O–H groups in total. The third-order valence-electron chi connectivity index (χ3n) is 1.38. The van der Waals surface area contributed by atoms with Crippen LogP contribution in [0.1, 0.15) is 26.3 Å². The SMILES string of the molecule is CC(C)(C)c1c[nH]oc1=O. The van der Waals surface area contributed by atoms with Gasteiger partial charge in [0, 0.05) is 6.20 Å². The third-order valence-corrected chi connectivity index (χ3v) is 1.38. The lowest BCUT2D eigenvalue weighted by molar-refractivity contribution is 0.386. The molecule has 0 saturated heterocycles. The lowest BCUT2D eigenvalue weighted by atomic mass is 9.90. The lowest BCUT2D eigenvalue weighted by Gasteiger charge is -2.12. The smallest absolute Gasteiger partial charge is 0.339 e. The maximum absolute atomic E-state index is 10.9. The number of aromatic amines is 1.